The Kier molecular flexibility index (Phi) is 7.82. The first-order chi connectivity index (χ1) is 16.6. The molecule has 8 heteroatoms. The zero-order valence-corrected chi connectivity index (χ0v) is 19.9. The van der Waals surface area contributed by atoms with E-state index in [0.717, 1.165) is 66.6 Å². The highest BCUT2D eigenvalue weighted by atomic mass is 16.5. The molecule has 3 aromatic rings. The lowest BCUT2D eigenvalue weighted by Gasteiger charge is -2.26. The number of rotatable bonds is 9. The first kappa shape index (κ1) is 23.8. The average molecular weight is 464 g/mol. The summed E-state index contributed by atoms with van der Waals surface area (Å²) < 4.78 is 17.6. The van der Waals surface area contributed by atoms with Crippen LogP contribution in [0.1, 0.15) is 30.5 Å². The maximum Gasteiger partial charge on any atom is 0.221 e. The second-order valence-corrected chi connectivity index (χ2v) is 8.23. The number of nitrogens with zero attached hydrogens (tertiary/aromatic N) is 3. The van der Waals surface area contributed by atoms with Crippen molar-refractivity contribution in [3.05, 3.63) is 59.3 Å². The zero-order chi connectivity index (χ0) is 23.9. The number of nitrogen functional groups attached to an aromatic ring is 2. The van der Waals surface area contributed by atoms with Crippen molar-refractivity contribution in [2.45, 2.75) is 26.8 Å². The Morgan fingerprint density at radius 2 is 1.59 bits per heavy atom. The molecule has 1 aromatic heterocycles. The van der Waals surface area contributed by atoms with E-state index in [0.29, 0.717) is 25.5 Å². The van der Waals surface area contributed by atoms with Crippen LogP contribution in [0.5, 0.6) is 11.5 Å². The average Bonchev–Trinajstić information content (AvgIpc) is 2.83. The lowest BCUT2D eigenvalue weighted by Crippen LogP contribution is -2.35. The fourth-order valence-corrected chi connectivity index (χ4v) is 4.15. The topological polar surface area (TPSA) is 109 Å². The molecule has 180 valence electrons. The number of aromatic nitrogens is 2. The molecule has 8 nitrogen and oxygen atoms in total. The summed E-state index contributed by atoms with van der Waals surface area (Å²) in [6.45, 7) is 9.51. The lowest BCUT2D eigenvalue weighted by molar-refractivity contribution is 0.0342. The van der Waals surface area contributed by atoms with E-state index in [2.05, 4.69) is 39.1 Å². The highest BCUT2D eigenvalue weighted by Crippen LogP contribution is 2.40. The Labute approximate surface area is 200 Å². The minimum Gasteiger partial charge on any atom is -0.493 e. The normalized spacial score (nSPS) is 14.2. The Hall–Kier alpha value is -3.36. The molecular formula is C26H33N5O3. The Morgan fingerprint density at radius 3 is 2.18 bits per heavy atom. The molecule has 2 heterocycles. The molecule has 4 N–H and O–H groups in total. The molecule has 0 spiro atoms. The molecule has 0 amide bonds. The molecule has 1 saturated heterocycles. The van der Waals surface area contributed by atoms with Crippen molar-refractivity contribution < 1.29 is 14.2 Å². The lowest BCUT2D eigenvalue weighted by atomic mass is 9.97. The third-order valence-corrected chi connectivity index (χ3v) is 5.79. The predicted octanol–water partition coefficient (Wildman–Crippen LogP) is 3.53. The smallest absolute Gasteiger partial charge is 0.221 e. The van der Waals surface area contributed by atoms with Crippen LogP contribution >= 0.6 is 0 Å². The van der Waals surface area contributed by atoms with E-state index in [-0.39, 0.29) is 5.95 Å². The standard InChI is InChI=1S/C26H33N5O3/c1-3-33-22-14-19(13-21-16-29-26(28)30-25(21)27)15-23(34-4-2)24(22)20-7-5-18(6-8-20)17-31-9-11-32-12-10-31/h5-8,14-16H,3-4,9-13,17H2,1-2H3,(H4,27,28,29,30). The molecule has 0 radical (unpaired) electrons. The van der Waals surface area contributed by atoms with Gasteiger partial charge >= 0.3 is 0 Å². The third-order valence-electron chi connectivity index (χ3n) is 5.79. The van der Waals surface area contributed by atoms with Gasteiger partial charge in [0, 0.05) is 37.8 Å². The van der Waals surface area contributed by atoms with E-state index in [1.807, 2.05) is 26.0 Å². The minimum atomic E-state index is 0.165. The van der Waals surface area contributed by atoms with E-state index >= 15 is 0 Å². The van der Waals surface area contributed by atoms with Crippen LogP contribution in [-0.2, 0) is 17.7 Å². The summed E-state index contributed by atoms with van der Waals surface area (Å²) in [5, 5.41) is 0. The number of nitrogens with two attached hydrogens (primary N) is 2. The second-order valence-electron chi connectivity index (χ2n) is 8.23. The monoisotopic (exact) mass is 463 g/mol. The summed E-state index contributed by atoms with van der Waals surface area (Å²) in [5.41, 5.74) is 16.8. The molecule has 0 aliphatic carbocycles. The third kappa shape index (κ3) is 5.76. The molecule has 0 unspecified atom stereocenters. The molecule has 4 rings (SSSR count). The molecule has 0 saturated carbocycles. The fourth-order valence-electron chi connectivity index (χ4n) is 4.15. The van der Waals surface area contributed by atoms with E-state index in [1.165, 1.54) is 5.56 Å². The van der Waals surface area contributed by atoms with Gasteiger partial charge in [0.15, 0.2) is 0 Å². The van der Waals surface area contributed by atoms with Crippen molar-refractivity contribution in [3.8, 4) is 22.6 Å². The van der Waals surface area contributed by atoms with Crippen molar-refractivity contribution in [2.75, 3.05) is 51.0 Å². The quantitative estimate of drug-likeness (QED) is 0.496. The van der Waals surface area contributed by atoms with Crippen LogP contribution in [0.15, 0.2) is 42.6 Å². The molecule has 0 bridgehead atoms. The summed E-state index contributed by atoms with van der Waals surface area (Å²) >= 11 is 0. The van der Waals surface area contributed by atoms with Crippen LogP contribution in [-0.4, -0.2) is 54.4 Å². The van der Waals surface area contributed by atoms with Crippen LogP contribution in [0, 0.1) is 0 Å². The summed E-state index contributed by atoms with van der Waals surface area (Å²) in [7, 11) is 0. The summed E-state index contributed by atoms with van der Waals surface area (Å²) in [6, 6.07) is 12.7. The van der Waals surface area contributed by atoms with Crippen molar-refractivity contribution in [2.24, 2.45) is 0 Å². The maximum atomic E-state index is 6.07. The molecular weight excluding hydrogens is 430 g/mol. The van der Waals surface area contributed by atoms with Gasteiger partial charge in [0.25, 0.3) is 0 Å². The summed E-state index contributed by atoms with van der Waals surface area (Å²) in [4.78, 5) is 10.6. The predicted molar refractivity (Wildman–Crippen MR) is 134 cm³/mol. The minimum absolute atomic E-state index is 0.165. The van der Waals surface area contributed by atoms with E-state index in [4.69, 9.17) is 25.7 Å². The van der Waals surface area contributed by atoms with Gasteiger partial charge in [-0.15, -0.1) is 0 Å². The molecule has 1 aliphatic heterocycles. The fraction of sp³-hybridized carbons (Fsp3) is 0.385. The van der Waals surface area contributed by atoms with Crippen molar-refractivity contribution in [1.29, 1.82) is 0 Å². The zero-order valence-electron chi connectivity index (χ0n) is 19.9. The molecule has 1 aliphatic rings. The number of anilines is 2. The molecule has 2 aromatic carbocycles. The van der Waals surface area contributed by atoms with Crippen molar-refractivity contribution in [3.63, 3.8) is 0 Å². The van der Waals surface area contributed by atoms with Gasteiger partial charge in [0.05, 0.1) is 32.0 Å². The Morgan fingerprint density at radius 1 is 0.941 bits per heavy atom. The van der Waals surface area contributed by atoms with Crippen LogP contribution < -0.4 is 20.9 Å². The summed E-state index contributed by atoms with van der Waals surface area (Å²) in [5.74, 6) is 2.10. The van der Waals surface area contributed by atoms with Gasteiger partial charge in [-0.2, -0.15) is 4.98 Å². The molecule has 0 atom stereocenters. The number of hydrogen-bond donors (Lipinski definition) is 2. The van der Waals surface area contributed by atoms with E-state index < -0.39 is 0 Å². The second kappa shape index (κ2) is 11.2. The number of hydrogen-bond acceptors (Lipinski definition) is 8. The van der Waals surface area contributed by atoms with E-state index in [1.54, 1.807) is 6.20 Å². The number of morpholine rings is 1. The number of ether oxygens (including phenoxy) is 3. The first-order valence-electron chi connectivity index (χ1n) is 11.8. The number of benzene rings is 2. The van der Waals surface area contributed by atoms with Crippen molar-refractivity contribution >= 4 is 11.8 Å². The molecule has 34 heavy (non-hydrogen) atoms. The van der Waals surface area contributed by atoms with Gasteiger partial charge in [0.1, 0.15) is 17.3 Å². The Balaban J connectivity index is 1.65. The van der Waals surface area contributed by atoms with Crippen molar-refractivity contribution in [1.82, 2.24) is 14.9 Å². The van der Waals surface area contributed by atoms with Crippen LogP contribution in [0.25, 0.3) is 11.1 Å². The largest absolute Gasteiger partial charge is 0.493 e. The van der Waals surface area contributed by atoms with Gasteiger partial charge in [0.2, 0.25) is 5.95 Å². The van der Waals surface area contributed by atoms with Gasteiger partial charge < -0.3 is 25.7 Å². The van der Waals surface area contributed by atoms with Gasteiger partial charge in [-0.05, 0) is 42.7 Å². The van der Waals surface area contributed by atoms with Crippen LogP contribution in [0.4, 0.5) is 11.8 Å². The Bertz CT molecular complexity index is 1070. The highest BCUT2D eigenvalue weighted by molar-refractivity contribution is 5.78. The van der Waals surface area contributed by atoms with E-state index in [9.17, 15) is 0 Å². The summed E-state index contributed by atoms with van der Waals surface area (Å²) in [6.07, 6.45) is 2.21. The SMILES string of the molecule is CCOc1cc(Cc2cnc(N)nc2N)cc(OCC)c1-c1ccc(CN2CCOCC2)cc1. The van der Waals surface area contributed by atoms with Gasteiger partial charge in [-0.25, -0.2) is 4.98 Å². The van der Waals surface area contributed by atoms with Crippen LogP contribution in [0.3, 0.4) is 0 Å². The van der Waals surface area contributed by atoms with Gasteiger partial charge in [-0.1, -0.05) is 24.3 Å². The highest BCUT2D eigenvalue weighted by Gasteiger charge is 2.17. The van der Waals surface area contributed by atoms with Crippen LogP contribution in [0.2, 0.25) is 0 Å². The van der Waals surface area contributed by atoms with Gasteiger partial charge in [-0.3, -0.25) is 4.90 Å². The maximum absolute atomic E-state index is 6.07. The first-order valence-corrected chi connectivity index (χ1v) is 11.8. The molecule has 1 fully saturated rings.